The molecule has 58 heavy (non-hydrogen) atoms. The molecule has 2 aliphatic rings. The summed E-state index contributed by atoms with van der Waals surface area (Å²) in [7, 11) is 0. The molecule has 8 aromatic carbocycles. The van der Waals surface area contributed by atoms with Crippen molar-refractivity contribution in [2.75, 3.05) is 0 Å². The fourth-order valence-electron chi connectivity index (χ4n) is 10.5. The Kier molecular flexibility index (Phi) is 5.73. The number of nitrogens with zero attached hydrogens (tertiary/aromatic N) is 4. The van der Waals surface area contributed by atoms with E-state index in [9.17, 15) is 0 Å². The standard InChI is InChI=1S/C54H28N4/c1-7-29-9-3-13-35-43-27-49-45(25-41(43)33(11-1)51(29)35)39(31-17-21-57-53-37(31)15-5-19-55-53)23-48-47(49)24-40(32-18-22-58-54-38(32)16-6-20-56-54)46-26-42-34-12-2-8-30-10-4-14-36(52(30)34)44(42)28-50(46)48/h1-28H. The van der Waals surface area contributed by atoms with Crippen molar-refractivity contribution in [3.05, 3.63) is 170 Å². The van der Waals surface area contributed by atoms with Gasteiger partial charge in [-0.3, -0.25) is 0 Å². The zero-order chi connectivity index (χ0) is 37.6. The molecule has 2 aliphatic carbocycles. The van der Waals surface area contributed by atoms with Crippen LogP contribution in [0.2, 0.25) is 0 Å². The molecule has 0 amide bonds. The smallest absolute Gasteiger partial charge is 0.159 e. The van der Waals surface area contributed by atoms with E-state index in [2.05, 4.69) is 133 Å². The van der Waals surface area contributed by atoms with Crippen LogP contribution < -0.4 is 0 Å². The first-order valence-electron chi connectivity index (χ1n) is 19.8. The highest BCUT2D eigenvalue weighted by atomic mass is 14.8. The second kappa shape index (κ2) is 10.9. The lowest BCUT2D eigenvalue weighted by atomic mass is 9.84. The summed E-state index contributed by atoms with van der Waals surface area (Å²) in [5, 5.41) is 14.5. The van der Waals surface area contributed by atoms with E-state index in [1.807, 2.05) is 36.9 Å². The van der Waals surface area contributed by atoms with Crippen LogP contribution in [0.5, 0.6) is 0 Å². The molecule has 4 nitrogen and oxygen atoms in total. The first-order chi connectivity index (χ1) is 28.8. The quantitative estimate of drug-likeness (QED) is 0.166. The van der Waals surface area contributed by atoms with Gasteiger partial charge in [0.25, 0.3) is 0 Å². The topological polar surface area (TPSA) is 51.6 Å². The Balaban J connectivity index is 1.20. The van der Waals surface area contributed by atoms with Gasteiger partial charge in [-0.05, 0) is 193 Å². The number of fused-ring (bicyclic) bond motifs is 13. The van der Waals surface area contributed by atoms with Crippen LogP contribution in [0.15, 0.2) is 170 Å². The molecule has 0 saturated heterocycles. The van der Waals surface area contributed by atoms with E-state index in [1.54, 1.807) is 0 Å². The summed E-state index contributed by atoms with van der Waals surface area (Å²) in [5.41, 5.74) is 16.3. The van der Waals surface area contributed by atoms with E-state index >= 15 is 0 Å². The van der Waals surface area contributed by atoms with Crippen LogP contribution in [0.1, 0.15) is 0 Å². The Morgan fingerprint density at radius 3 is 0.983 bits per heavy atom. The Morgan fingerprint density at radius 2 is 0.569 bits per heavy atom. The first kappa shape index (κ1) is 30.4. The molecule has 0 saturated carbocycles. The molecule has 0 atom stereocenters. The average Bonchev–Trinajstić information content (AvgIpc) is 3.77. The van der Waals surface area contributed by atoms with Gasteiger partial charge < -0.3 is 0 Å². The molecular weight excluding hydrogens is 705 g/mol. The van der Waals surface area contributed by atoms with Gasteiger partial charge in [0.1, 0.15) is 0 Å². The number of hydrogen-bond acceptors (Lipinski definition) is 4. The lowest BCUT2D eigenvalue weighted by Gasteiger charge is -2.19. The summed E-state index contributed by atoms with van der Waals surface area (Å²) < 4.78 is 0. The predicted molar refractivity (Wildman–Crippen MR) is 240 cm³/mol. The zero-order valence-corrected chi connectivity index (χ0v) is 31.0. The van der Waals surface area contributed by atoms with Crippen molar-refractivity contribution in [3.63, 3.8) is 0 Å². The molecule has 4 aromatic heterocycles. The van der Waals surface area contributed by atoms with Gasteiger partial charge in [-0.1, -0.05) is 72.8 Å². The zero-order valence-electron chi connectivity index (χ0n) is 31.0. The third-order valence-corrected chi connectivity index (χ3v) is 12.9. The predicted octanol–water partition coefficient (Wildman–Crippen LogP) is 14.0. The van der Waals surface area contributed by atoms with Gasteiger partial charge in [-0.15, -0.1) is 0 Å². The van der Waals surface area contributed by atoms with Crippen molar-refractivity contribution in [3.8, 4) is 66.8 Å². The first-order valence-corrected chi connectivity index (χ1v) is 19.8. The monoisotopic (exact) mass is 732 g/mol. The highest BCUT2D eigenvalue weighted by Gasteiger charge is 2.27. The van der Waals surface area contributed by atoms with Gasteiger partial charge in [0.2, 0.25) is 0 Å². The Morgan fingerprint density at radius 1 is 0.224 bits per heavy atom. The van der Waals surface area contributed by atoms with Gasteiger partial charge in [0.05, 0.1) is 0 Å². The van der Waals surface area contributed by atoms with Gasteiger partial charge in [0.15, 0.2) is 11.3 Å². The average molecular weight is 733 g/mol. The summed E-state index contributed by atoms with van der Waals surface area (Å²) in [6, 6.07) is 54.2. The lowest BCUT2D eigenvalue weighted by Crippen LogP contribution is -1.94. The maximum absolute atomic E-state index is 4.70. The minimum Gasteiger partial charge on any atom is -0.237 e. The second-order valence-electron chi connectivity index (χ2n) is 15.7. The number of pyridine rings is 4. The molecule has 264 valence electrons. The van der Waals surface area contributed by atoms with Gasteiger partial charge in [-0.2, -0.15) is 0 Å². The van der Waals surface area contributed by atoms with Gasteiger partial charge in [0, 0.05) is 35.6 Å². The number of benzene rings is 8. The maximum atomic E-state index is 4.70. The van der Waals surface area contributed by atoms with Crippen LogP contribution in [0.4, 0.5) is 0 Å². The third-order valence-electron chi connectivity index (χ3n) is 12.9. The highest BCUT2D eigenvalue weighted by molar-refractivity contribution is 6.30. The fraction of sp³-hybridized carbons (Fsp3) is 0. The molecular formula is C54H28N4. The van der Waals surface area contributed by atoms with Crippen molar-refractivity contribution in [2.24, 2.45) is 0 Å². The molecule has 0 N–H and O–H groups in total. The minimum absolute atomic E-state index is 0.744. The number of rotatable bonds is 2. The maximum Gasteiger partial charge on any atom is 0.159 e. The van der Waals surface area contributed by atoms with Crippen molar-refractivity contribution in [1.29, 1.82) is 0 Å². The van der Waals surface area contributed by atoms with Crippen LogP contribution in [0, 0.1) is 0 Å². The SMILES string of the molecule is c1cc2c3c(cccc3c1)-c1cc3c(cc1-2)c(-c1ccnc2ncccc12)cc1c2cc4c(cc2c(-c2ccnc5ncccc25)cc31)-c1cccc2cccc-4c12. The van der Waals surface area contributed by atoms with Crippen molar-refractivity contribution < 1.29 is 0 Å². The lowest BCUT2D eigenvalue weighted by molar-refractivity contribution is 1.29. The third kappa shape index (κ3) is 3.88. The molecule has 12 aromatic rings. The van der Waals surface area contributed by atoms with Crippen LogP contribution in [0.3, 0.4) is 0 Å². The molecule has 4 heterocycles. The van der Waals surface area contributed by atoms with Crippen molar-refractivity contribution >= 4 is 75.9 Å². The second-order valence-corrected chi connectivity index (χ2v) is 15.7. The highest BCUT2D eigenvalue weighted by Crippen LogP contribution is 2.54. The van der Waals surface area contributed by atoms with E-state index in [1.165, 1.54) is 109 Å². The summed E-state index contributed by atoms with van der Waals surface area (Å²) in [4.78, 5) is 18.8. The van der Waals surface area contributed by atoms with Crippen LogP contribution in [0.25, 0.3) is 143 Å². The Labute approximate surface area is 331 Å². The molecule has 4 heteroatoms. The molecule has 0 radical (unpaired) electrons. The summed E-state index contributed by atoms with van der Waals surface area (Å²) >= 11 is 0. The molecule has 0 spiro atoms. The minimum atomic E-state index is 0.744. The van der Waals surface area contributed by atoms with E-state index in [0.29, 0.717) is 0 Å². The van der Waals surface area contributed by atoms with E-state index in [-0.39, 0.29) is 0 Å². The fourth-order valence-corrected chi connectivity index (χ4v) is 10.5. The summed E-state index contributed by atoms with van der Waals surface area (Å²) in [5.74, 6) is 0. The number of hydrogen-bond donors (Lipinski definition) is 0. The molecule has 0 unspecified atom stereocenters. The van der Waals surface area contributed by atoms with E-state index < -0.39 is 0 Å². The normalized spacial score (nSPS) is 12.5. The van der Waals surface area contributed by atoms with Crippen LogP contribution >= 0.6 is 0 Å². The molecule has 0 bridgehead atoms. The van der Waals surface area contributed by atoms with Crippen LogP contribution in [-0.4, -0.2) is 19.9 Å². The van der Waals surface area contributed by atoms with Crippen LogP contribution in [-0.2, 0) is 0 Å². The van der Waals surface area contributed by atoms with Crippen molar-refractivity contribution in [2.45, 2.75) is 0 Å². The van der Waals surface area contributed by atoms with E-state index in [4.69, 9.17) is 19.9 Å². The molecule has 0 fully saturated rings. The molecule has 0 aliphatic heterocycles. The van der Waals surface area contributed by atoms with Gasteiger partial charge >= 0.3 is 0 Å². The molecule has 14 rings (SSSR count). The summed E-state index contributed by atoms with van der Waals surface area (Å²) in [6.07, 6.45) is 7.46. The van der Waals surface area contributed by atoms with Crippen molar-refractivity contribution in [1.82, 2.24) is 19.9 Å². The number of aromatic nitrogens is 4. The van der Waals surface area contributed by atoms with E-state index in [0.717, 1.165) is 33.2 Å². The Hall–Kier alpha value is -7.82. The summed E-state index contributed by atoms with van der Waals surface area (Å²) in [6.45, 7) is 0. The van der Waals surface area contributed by atoms with Gasteiger partial charge in [-0.25, -0.2) is 19.9 Å². The largest absolute Gasteiger partial charge is 0.237 e. The Bertz CT molecular complexity index is 3590.